The van der Waals surface area contributed by atoms with Gasteiger partial charge < -0.3 is 18.9 Å². The highest BCUT2D eigenvalue weighted by Crippen LogP contribution is 2.29. The molecule has 1 fully saturated rings. The summed E-state index contributed by atoms with van der Waals surface area (Å²) in [5, 5.41) is 3.85. The van der Waals surface area contributed by atoms with Gasteiger partial charge in [0.2, 0.25) is 11.8 Å². The maximum Gasteiger partial charge on any atom is 0.231 e. The van der Waals surface area contributed by atoms with Gasteiger partial charge in [0.15, 0.2) is 17.3 Å². The number of hydrogen-bond acceptors (Lipinski definition) is 6. The van der Waals surface area contributed by atoms with Gasteiger partial charge in [0.25, 0.3) is 0 Å². The first-order valence-electron chi connectivity index (χ1n) is 8.39. The molecule has 1 amide bonds. The second-order valence-corrected chi connectivity index (χ2v) is 6.22. The van der Waals surface area contributed by atoms with Crippen molar-refractivity contribution < 1.29 is 18.8 Å². The van der Waals surface area contributed by atoms with Crippen molar-refractivity contribution in [1.82, 2.24) is 15.0 Å². The Morgan fingerprint density at radius 3 is 2.80 bits per heavy atom. The van der Waals surface area contributed by atoms with Crippen LogP contribution < -0.4 is 9.47 Å². The molecule has 1 saturated heterocycles. The van der Waals surface area contributed by atoms with E-state index in [1.165, 1.54) is 0 Å². The van der Waals surface area contributed by atoms with Crippen molar-refractivity contribution in [2.75, 3.05) is 27.3 Å². The smallest absolute Gasteiger partial charge is 0.231 e. The minimum Gasteiger partial charge on any atom is -0.493 e. The monoisotopic (exact) mass is 345 g/mol. The maximum absolute atomic E-state index is 12.7. The lowest BCUT2D eigenvalue weighted by Crippen LogP contribution is -2.40. The number of methoxy groups -OCH3 is 2. The van der Waals surface area contributed by atoms with Gasteiger partial charge in [-0.15, -0.1) is 0 Å². The molecule has 134 valence electrons. The molecule has 1 atom stereocenters. The molecule has 1 aliphatic heterocycles. The van der Waals surface area contributed by atoms with Crippen LogP contribution in [0.5, 0.6) is 11.5 Å². The molecule has 0 bridgehead atoms. The van der Waals surface area contributed by atoms with E-state index in [4.69, 9.17) is 14.0 Å². The third-order valence-electron chi connectivity index (χ3n) is 4.47. The van der Waals surface area contributed by atoms with Crippen LogP contribution in [0.1, 0.15) is 36.0 Å². The molecular formula is C18H23N3O4. The number of aromatic nitrogens is 2. The van der Waals surface area contributed by atoms with Crippen LogP contribution in [0.15, 0.2) is 22.7 Å². The van der Waals surface area contributed by atoms with Crippen LogP contribution in [0, 0.1) is 6.92 Å². The molecule has 25 heavy (non-hydrogen) atoms. The standard InChI is InChI=1S/C18H23N3O4/c1-12-19-18(25-20-12)14-5-4-8-21(11-14)17(22)10-13-6-7-15(23-2)16(9-13)24-3/h6-7,9,14H,4-5,8,10-11H2,1-3H3/t14-/m1/s1. The Bertz CT molecular complexity index is 744. The lowest BCUT2D eigenvalue weighted by atomic mass is 9.97. The summed E-state index contributed by atoms with van der Waals surface area (Å²) in [4.78, 5) is 18.9. The molecule has 0 saturated carbocycles. The largest absolute Gasteiger partial charge is 0.493 e. The molecule has 0 N–H and O–H groups in total. The highest BCUT2D eigenvalue weighted by atomic mass is 16.5. The number of amides is 1. The first kappa shape index (κ1) is 17.3. The van der Waals surface area contributed by atoms with Crippen molar-refractivity contribution in [3.63, 3.8) is 0 Å². The zero-order chi connectivity index (χ0) is 17.8. The highest BCUT2D eigenvalue weighted by Gasteiger charge is 2.28. The van der Waals surface area contributed by atoms with E-state index in [1.807, 2.05) is 23.1 Å². The topological polar surface area (TPSA) is 77.7 Å². The molecule has 1 aliphatic rings. The number of hydrogen-bond donors (Lipinski definition) is 0. The molecule has 0 radical (unpaired) electrons. The van der Waals surface area contributed by atoms with E-state index in [1.54, 1.807) is 21.1 Å². The third-order valence-corrected chi connectivity index (χ3v) is 4.47. The van der Waals surface area contributed by atoms with E-state index >= 15 is 0 Å². The number of likely N-dealkylation sites (tertiary alicyclic amines) is 1. The van der Waals surface area contributed by atoms with Gasteiger partial charge in [-0.05, 0) is 37.5 Å². The molecule has 1 aromatic carbocycles. The van der Waals surface area contributed by atoms with Crippen LogP contribution in [0.3, 0.4) is 0 Å². The average molecular weight is 345 g/mol. The fourth-order valence-corrected chi connectivity index (χ4v) is 3.16. The van der Waals surface area contributed by atoms with Crippen molar-refractivity contribution in [2.45, 2.75) is 32.1 Å². The number of piperidine rings is 1. The van der Waals surface area contributed by atoms with Gasteiger partial charge in [-0.3, -0.25) is 4.79 Å². The van der Waals surface area contributed by atoms with Gasteiger partial charge in [0, 0.05) is 13.1 Å². The fourth-order valence-electron chi connectivity index (χ4n) is 3.16. The number of nitrogens with zero attached hydrogens (tertiary/aromatic N) is 3. The molecule has 2 aromatic rings. The summed E-state index contributed by atoms with van der Waals surface area (Å²) in [6.45, 7) is 3.18. The number of rotatable bonds is 5. The Morgan fingerprint density at radius 2 is 2.12 bits per heavy atom. The molecule has 0 unspecified atom stereocenters. The molecular weight excluding hydrogens is 322 g/mol. The summed E-state index contributed by atoms with van der Waals surface area (Å²) in [6, 6.07) is 5.56. The first-order chi connectivity index (χ1) is 12.1. The van der Waals surface area contributed by atoms with Gasteiger partial charge >= 0.3 is 0 Å². The number of aryl methyl sites for hydroxylation is 1. The molecule has 0 spiro atoms. The Hall–Kier alpha value is -2.57. The van der Waals surface area contributed by atoms with Crippen LogP contribution in [0.4, 0.5) is 0 Å². The van der Waals surface area contributed by atoms with Gasteiger partial charge in [-0.2, -0.15) is 4.98 Å². The van der Waals surface area contributed by atoms with Crippen LogP contribution in [-0.2, 0) is 11.2 Å². The predicted octanol–water partition coefficient (Wildman–Crippen LogP) is 2.34. The van der Waals surface area contributed by atoms with Crippen molar-refractivity contribution in [3.8, 4) is 11.5 Å². The lowest BCUT2D eigenvalue weighted by molar-refractivity contribution is -0.131. The second kappa shape index (κ2) is 7.55. The summed E-state index contributed by atoms with van der Waals surface area (Å²) in [6.07, 6.45) is 2.22. The number of ether oxygens (including phenoxy) is 2. The van der Waals surface area contributed by atoms with E-state index in [0.29, 0.717) is 36.2 Å². The minimum absolute atomic E-state index is 0.0909. The summed E-state index contributed by atoms with van der Waals surface area (Å²) in [7, 11) is 3.18. The van der Waals surface area contributed by atoms with Crippen LogP contribution >= 0.6 is 0 Å². The average Bonchev–Trinajstić information content (AvgIpc) is 3.08. The highest BCUT2D eigenvalue weighted by molar-refractivity contribution is 5.79. The number of carbonyl (C=O) groups excluding carboxylic acids is 1. The van der Waals surface area contributed by atoms with Gasteiger partial charge in [0.05, 0.1) is 26.6 Å². The first-order valence-corrected chi connectivity index (χ1v) is 8.39. The van der Waals surface area contributed by atoms with E-state index in [0.717, 1.165) is 24.9 Å². The van der Waals surface area contributed by atoms with Gasteiger partial charge in [-0.25, -0.2) is 0 Å². The summed E-state index contributed by atoms with van der Waals surface area (Å²) in [5.74, 6) is 2.75. The van der Waals surface area contributed by atoms with E-state index in [-0.39, 0.29) is 11.8 Å². The second-order valence-electron chi connectivity index (χ2n) is 6.22. The summed E-state index contributed by atoms with van der Waals surface area (Å²) >= 11 is 0. The van der Waals surface area contributed by atoms with E-state index in [9.17, 15) is 4.79 Å². The van der Waals surface area contributed by atoms with Crippen LogP contribution in [0.25, 0.3) is 0 Å². The van der Waals surface area contributed by atoms with Gasteiger partial charge in [-0.1, -0.05) is 11.2 Å². The zero-order valence-corrected chi connectivity index (χ0v) is 14.8. The Morgan fingerprint density at radius 1 is 1.32 bits per heavy atom. The van der Waals surface area contributed by atoms with Crippen molar-refractivity contribution >= 4 is 5.91 Å². The van der Waals surface area contributed by atoms with Gasteiger partial charge in [0.1, 0.15) is 0 Å². The van der Waals surface area contributed by atoms with Crippen LogP contribution in [-0.4, -0.2) is 48.3 Å². The molecule has 3 rings (SSSR count). The number of carbonyl (C=O) groups is 1. The molecule has 0 aliphatic carbocycles. The third kappa shape index (κ3) is 3.92. The summed E-state index contributed by atoms with van der Waals surface area (Å²) in [5.41, 5.74) is 0.901. The Labute approximate surface area is 146 Å². The predicted molar refractivity (Wildman–Crippen MR) is 90.8 cm³/mol. The van der Waals surface area contributed by atoms with E-state index in [2.05, 4.69) is 10.1 Å². The number of benzene rings is 1. The fraction of sp³-hybridized carbons (Fsp3) is 0.500. The maximum atomic E-state index is 12.7. The quantitative estimate of drug-likeness (QED) is 0.828. The zero-order valence-electron chi connectivity index (χ0n) is 14.8. The SMILES string of the molecule is COc1ccc(CC(=O)N2CCC[C@@H](c3nc(C)no3)C2)cc1OC. The molecule has 1 aromatic heterocycles. The normalized spacial score (nSPS) is 17.4. The lowest BCUT2D eigenvalue weighted by Gasteiger charge is -2.31. The van der Waals surface area contributed by atoms with Crippen molar-refractivity contribution in [1.29, 1.82) is 0 Å². The molecule has 7 heteroatoms. The molecule has 2 heterocycles. The van der Waals surface area contributed by atoms with Crippen molar-refractivity contribution in [2.24, 2.45) is 0 Å². The summed E-state index contributed by atoms with van der Waals surface area (Å²) < 4.78 is 15.8. The van der Waals surface area contributed by atoms with Crippen LogP contribution in [0.2, 0.25) is 0 Å². The Kier molecular flexibility index (Phi) is 5.21. The molecule has 7 nitrogen and oxygen atoms in total. The Balaban J connectivity index is 1.66. The van der Waals surface area contributed by atoms with E-state index < -0.39 is 0 Å². The minimum atomic E-state index is 0.0909. The van der Waals surface area contributed by atoms with Crippen molar-refractivity contribution in [3.05, 3.63) is 35.5 Å².